The summed E-state index contributed by atoms with van der Waals surface area (Å²) in [5.41, 5.74) is 0. The second-order valence-corrected chi connectivity index (χ2v) is 4.88. The van der Waals surface area contributed by atoms with E-state index in [1.54, 1.807) is 0 Å². The SMILES string of the molecule is CCN(CC)CCc1noc(CC2CCCN2)n1. The third-order valence-electron chi connectivity index (χ3n) is 3.64. The molecule has 1 aliphatic rings. The number of likely N-dealkylation sites (N-methyl/N-ethyl adjacent to an activating group) is 1. The van der Waals surface area contributed by atoms with Gasteiger partial charge in [0.15, 0.2) is 5.82 Å². The Morgan fingerprint density at radius 1 is 1.39 bits per heavy atom. The maximum atomic E-state index is 5.31. The van der Waals surface area contributed by atoms with E-state index < -0.39 is 0 Å². The predicted molar refractivity (Wildman–Crippen MR) is 70.5 cm³/mol. The molecule has 5 nitrogen and oxygen atoms in total. The molecule has 5 heteroatoms. The average molecular weight is 252 g/mol. The van der Waals surface area contributed by atoms with Crippen LogP contribution in [0.1, 0.15) is 38.4 Å². The maximum absolute atomic E-state index is 5.31. The average Bonchev–Trinajstić information content (AvgIpc) is 3.03. The minimum absolute atomic E-state index is 0.529. The molecule has 0 spiro atoms. The van der Waals surface area contributed by atoms with Crippen LogP contribution in [0.15, 0.2) is 4.52 Å². The molecule has 102 valence electrons. The molecule has 18 heavy (non-hydrogen) atoms. The molecule has 1 saturated heterocycles. The second kappa shape index (κ2) is 6.85. The van der Waals surface area contributed by atoms with Crippen LogP contribution < -0.4 is 5.32 Å². The van der Waals surface area contributed by atoms with Crippen molar-refractivity contribution in [3.8, 4) is 0 Å². The van der Waals surface area contributed by atoms with Gasteiger partial charge >= 0.3 is 0 Å². The van der Waals surface area contributed by atoms with Crippen molar-refractivity contribution in [2.24, 2.45) is 0 Å². The summed E-state index contributed by atoms with van der Waals surface area (Å²) in [5.74, 6) is 1.62. The molecule has 0 aliphatic carbocycles. The number of hydrogen-bond acceptors (Lipinski definition) is 5. The molecule has 1 unspecified atom stereocenters. The molecule has 0 aromatic carbocycles. The first-order valence-corrected chi connectivity index (χ1v) is 7.09. The van der Waals surface area contributed by atoms with E-state index >= 15 is 0 Å². The quantitative estimate of drug-likeness (QED) is 0.791. The van der Waals surface area contributed by atoms with Gasteiger partial charge in [-0.05, 0) is 32.5 Å². The van der Waals surface area contributed by atoms with Gasteiger partial charge in [-0.15, -0.1) is 0 Å². The largest absolute Gasteiger partial charge is 0.339 e. The van der Waals surface area contributed by atoms with E-state index in [2.05, 4.69) is 34.2 Å². The summed E-state index contributed by atoms with van der Waals surface area (Å²) in [4.78, 5) is 6.84. The molecule has 0 saturated carbocycles. The Bertz CT molecular complexity index is 343. The highest BCUT2D eigenvalue weighted by Crippen LogP contribution is 2.11. The van der Waals surface area contributed by atoms with E-state index in [9.17, 15) is 0 Å². The zero-order valence-electron chi connectivity index (χ0n) is 11.5. The van der Waals surface area contributed by atoms with Gasteiger partial charge in [-0.1, -0.05) is 19.0 Å². The van der Waals surface area contributed by atoms with Crippen molar-refractivity contribution < 1.29 is 4.52 Å². The van der Waals surface area contributed by atoms with Crippen LogP contribution in [0.4, 0.5) is 0 Å². The fourth-order valence-electron chi connectivity index (χ4n) is 2.41. The van der Waals surface area contributed by atoms with Crippen LogP contribution in [0.5, 0.6) is 0 Å². The number of nitrogens with zero attached hydrogens (tertiary/aromatic N) is 3. The summed E-state index contributed by atoms with van der Waals surface area (Å²) < 4.78 is 5.31. The van der Waals surface area contributed by atoms with Gasteiger partial charge in [0.25, 0.3) is 0 Å². The molecule has 1 aromatic heterocycles. The Kier molecular flexibility index (Phi) is 5.13. The molecular weight excluding hydrogens is 228 g/mol. The normalized spacial score (nSPS) is 19.8. The van der Waals surface area contributed by atoms with Crippen molar-refractivity contribution in [1.29, 1.82) is 0 Å². The lowest BCUT2D eigenvalue weighted by molar-refractivity contribution is 0.302. The number of rotatable bonds is 7. The highest BCUT2D eigenvalue weighted by Gasteiger charge is 2.18. The Labute approximate surface area is 109 Å². The van der Waals surface area contributed by atoms with Crippen LogP contribution in [0.25, 0.3) is 0 Å². The summed E-state index contributed by atoms with van der Waals surface area (Å²) >= 11 is 0. The number of nitrogens with one attached hydrogen (secondary N) is 1. The number of hydrogen-bond donors (Lipinski definition) is 1. The van der Waals surface area contributed by atoms with Crippen molar-refractivity contribution in [3.05, 3.63) is 11.7 Å². The van der Waals surface area contributed by atoms with Crippen molar-refractivity contribution in [2.45, 2.75) is 45.6 Å². The Morgan fingerprint density at radius 3 is 2.89 bits per heavy atom. The third-order valence-corrected chi connectivity index (χ3v) is 3.64. The zero-order chi connectivity index (χ0) is 12.8. The lowest BCUT2D eigenvalue weighted by Gasteiger charge is -2.16. The van der Waals surface area contributed by atoms with Crippen molar-refractivity contribution >= 4 is 0 Å². The summed E-state index contributed by atoms with van der Waals surface area (Å²) in [6.07, 6.45) is 4.23. The van der Waals surface area contributed by atoms with E-state index in [0.717, 1.165) is 50.7 Å². The maximum Gasteiger partial charge on any atom is 0.228 e. The van der Waals surface area contributed by atoms with Gasteiger partial charge < -0.3 is 14.7 Å². The highest BCUT2D eigenvalue weighted by atomic mass is 16.5. The smallest absolute Gasteiger partial charge is 0.228 e. The van der Waals surface area contributed by atoms with Gasteiger partial charge in [-0.2, -0.15) is 4.98 Å². The summed E-state index contributed by atoms with van der Waals surface area (Å²) in [6, 6.07) is 0.529. The monoisotopic (exact) mass is 252 g/mol. The van der Waals surface area contributed by atoms with Crippen LogP contribution in [0.2, 0.25) is 0 Å². The van der Waals surface area contributed by atoms with Gasteiger partial charge in [0.2, 0.25) is 5.89 Å². The fourth-order valence-corrected chi connectivity index (χ4v) is 2.41. The van der Waals surface area contributed by atoms with Crippen LogP contribution in [-0.2, 0) is 12.8 Å². The molecule has 2 rings (SSSR count). The molecule has 1 aliphatic heterocycles. The van der Waals surface area contributed by atoms with Crippen LogP contribution in [-0.4, -0.2) is 47.3 Å². The lowest BCUT2D eigenvalue weighted by atomic mass is 10.1. The van der Waals surface area contributed by atoms with Crippen molar-refractivity contribution in [2.75, 3.05) is 26.2 Å². The first kappa shape index (κ1) is 13.5. The molecule has 1 fully saturated rings. The molecule has 0 radical (unpaired) electrons. The fraction of sp³-hybridized carbons (Fsp3) is 0.846. The summed E-state index contributed by atoms with van der Waals surface area (Å²) in [6.45, 7) is 8.63. The number of aromatic nitrogens is 2. The first-order chi connectivity index (χ1) is 8.81. The zero-order valence-corrected chi connectivity index (χ0v) is 11.5. The van der Waals surface area contributed by atoms with Gasteiger partial charge in [-0.25, -0.2) is 0 Å². The molecule has 0 bridgehead atoms. The second-order valence-electron chi connectivity index (χ2n) is 4.88. The minimum Gasteiger partial charge on any atom is -0.339 e. The molecule has 1 atom stereocenters. The highest BCUT2D eigenvalue weighted by molar-refractivity contribution is 4.91. The van der Waals surface area contributed by atoms with Gasteiger partial charge in [0.05, 0.1) is 0 Å². The summed E-state index contributed by atoms with van der Waals surface area (Å²) in [7, 11) is 0. The lowest BCUT2D eigenvalue weighted by Crippen LogP contribution is -2.25. The predicted octanol–water partition coefficient (Wildman–Crippen LogP) is 1.25. The first-order valence-electron chi connectivity index (χ1n) is 7.09. The van der Waals surface area contributed by atoms with E-state index in [1.807, 2.05) is 0 Å². The topological polar surface area (TPSA) is 54.2 Å². The van der Waals surface area contributed by atoms with Gasteiger partial charge in [0.1, 0.15) is 0 Å². The van der Waals surface area contributed by atoms with Crippen molar-refractivity contribution in [1.82, 2.24) is 20.4 Å². The third kappa shape index (κ3) is 3.78. The molecular formula is C13H24N4O. The minimum atomic E-state index is 0.529. The van der Waals surface area contributed by atoms with E-state index in [-0.39, 0.29) is 0 Å². The van der Waals surface area contributed by atoms with E-state index in [4.69, 9.17) is 4.52 Å². The van der Waals surface area contributed by atoms with Crippen LogP contribution in [0.3, 0.4) is 0 Å². The van der Waals surface area contributed by atoms with Crippen LogP contribution >= 0.6 is 0 Å². The molecule has 1 aromatic rings. The Morgan fingerprint density at radius 2 is 2.22 bits per heavy atom. The Balaban J connectivity index is 1.78. The van der Waals surface area contributed by atoms with E-state index in [1.165, 1.54) is 12.8 Å². The summed E-state index contributed by atoms with van der Waals surface area (Å²) in [5, 5.41) is 7.51. The van der Waals surface area contributed by atoms with Gasteiger partial charge in [-0.3, -0.25) is 0 Å². The standard InChI is InChI=1S/C13H24N4O/c1-3-17(4-2)9-7-12-15-13(18-16-12)10-11-6-5-8-14-11/h11,14H,3-10H2,1-2H3. The molecule has 0 amide bonds. The van der Waals surface area contributed by atoms with Crippen LogP contribution in [0, 0.1) is 0 Å². The van der Waals surface area contributed by atoms with E-state index in [0.29, 0.717) is 6.04 Å². The van der Waals surface area contributed by atoms with Crippen molar-refractivity contribution in [3.63, 3.8) is 0 Å². The Hall–Kier alpha value is -0.940. The molecule has 2 heterocycles. The van der Waals surface area contributed by atoms with Gasteiger partial charge in [0, 0.05) is 25.4 Å². The molecule has 1 N–H and O–H groups in total.